The van der Waals surface area contributed by atoms with E-state index in [1.165, 1.54) is 0 Å². The van der Waals surface area contributed by atoms with Crippen molar-refractivity contribution in [3.8, 4) is 0 Å². The number of aliphatic hydroxyl groups excluding tert-OH is 1. The van der Waals surface area contributed by atoms with Crippen LogP contribution >= 0.6 is 0 Å². The van der Waals surface area contributed by atoms with Crippen LogP contribution in [0.25, 0.3) is 0 Å². The lowest BCUT2D eigenvalue weighted by Crippen LogP contribution is -2.22. The largest absolute Gasteiger partial charge is 0.465 e. The summed E-state index contributed by atoms with van der Waals surface area (Å²) in [6, 6.07) is 0. The van der Waals surface area contributed by atoms with Crippen molar-refractivity contribution in [2.45, 2.75) is 39.7 Å². The summed E-state index contributed by atoms with van der Waals surface area (Å²) in [7, 11) is 0. The Balaban J connectivity index is 3.56. The second kappa shape index (κ2) is 6.00. The third-order valence-electron chi connectivity index (χ3n) is 1.87. The molecule has 0 aromatic heterocycles. The number of ether oxygens (including phenoxy) is 1. The topological polar surface area (TPSA) is 46.5 Å². The second-order valence-electron chi connectivity index (χ2n) is 2.99. The van der Waals surface area contributed by atoms with Crippen LogP contribution in [0.1, 0.15) is 33.6 Å². The predicted molar refractivity (Wildman–Crippen MR) is 46.7 cm³/mol. The first kappa shape index (κ1) is 11.4. The van der Waals surface area contributed by atoms with Crippen LogP contribution in [-0.2, 0) is 9.53 Å². The summed E-state index contributed by atoms with van der Waals surface area (Å²) in [6.45, 7) is 5.85. The van der Waals surface area contributed by atoms with E-state index in [0.29, 0.717) is 19.4 Å². The highest BCUT2D eigenvalue weighted by atomic mass is 16.5. The third kappa shape index (κ3) is 4.34. The van der Waals surface area contributed by atoms with Gasteiger partial charge in [-0.3, -0.25) is 4.79 Å². The zero-order chi connectivity index (χ0) is 9.56. The zero-order valence-corrected chi connectivity index (χ0v) is 8.04. The van der Waals surface area contributed by atoms with E-state index in [0.717, 1.165) is 0 Å². The number of carbonyl (C=O) groups excluding carboxylic acids is 1. The minimum atomic E-state index is -0.366. The molecule has 2 unspecified atom stereocenters. The lowest BCUT2D eigenvalue weighted by Gasteiger charge is -2.16. The highest BCUT2D eigenvalue weighted by Crippen LogP contribution is 2.06. The fourth-order valence-electron chi connectivity index (χ4n) is 0.840. The average molecular weight is 174 g/mol. The fraction of sp³-hybridized carbons (Fsp3) is 0.889. The van der Waals surface area contributed by atoms with Gasteiger partial charge in [0.2, 0.25) is 0 Å². The molecule has 0 aromatic carbocycles. The van der Waals surface area contributed by atoms with Gasteiger partial charge in [0.25, 0.3) is 0 Å². The molecule has 0 bridgehead atoms. The first-order valence-corrected chi connectivity index (χ1v) is 4.45. The number of hydrogen-bond acceptors (Lipinski definition) is 3. The summed E-state index contributed by atoms with van der Waals surface area (Å²) in [4.78, 5) is 10.7. The van der Waals surface area contributed by atoms with E-state index in [2.05, 4.69) is 0 Å². The highest BCUT2D eigenvalue weighted by Gasteiger charge is 2.13. The lowest BCUT2D eigenvalue weighted by atomic mass is 10.0. The van der Waals surface area contributed by atoms with E-state index in [9.17, 15) is 9.90 Å². The van der Waals surface area contributed by atoms with Crippen LogP contribution in [-0.4, -0.2) is 23.8 Å². The van der Waals surface area contributed by atoms with E-state index in [-0.39, 0.29) is 18.0 Å². The molecule has 0 spiro atoms. The molecule has 0 rings (SSSR count). The number of esters is 1. The van der Waals surface area contributed by atoms with Gasteiger partial charge in [-0.1, -0.05) is 20.8 Å². The number of rotatable bonds is 5. The Kier molecular flexibility index (Phi) is 5.72. The first-order chi connectivity index (χ1) is 5.61. The third-order valence-corrected chi connectivity index (χ3v) is 1.87. The molecule has 0 fully saturated rings. The van der Waals surface area contributed by atoms with E-state index < -0.39 is 0 Å². The van der Waals surface area contributed by atoms with Gasteiger partial charge >= 0.3 is 5.97 Å². The van der Waals surface area contributed by atoms with Crippen molar-refractivity contribution in [2.24, 2.45) is 5.92 Å². The highest BCUT2D eigenvalue weighted by molar-refractivity contribution is 5.68. The minimum absolute atomic E-state index is 0.0329. The van der Waals surface area contributed by atoms with Crippen LogP contribution < -0.4 is 0 Å². The Morgan fingerprint density at radius 1 is 1.50 bits per heavy atom. The average Bonchev–Trinajstić information content (AvgIpc) is 2.11. The molecule has 0 radical (unpaired) electrons. The maximum absolute atomic E-state index is 10.7. The molecule has 0 aliphatic heterocycles. The number of carbonyl (C=O) groups is 1. The van der Waals surface area contributed by atoms with Crippen molar-refractivity contribution in [3.05, 3.63) is 0 Å². The van der Waals surface area contributed by atoms with Gasteiger partial charge in [-0.15, -0.1) is 0 Å². The van der Waals surface area contributed by atoms with Crippen molar-refractivity contribution >= 4 is 5.97 Å². The normalized spacial score (nSPS) is 15.3. The molecule has 72 valence electrons. The molecule has 2 atom stereocenters. The predicted octanol–water partition coefficient (Wildman–Crippen LogP) is 1.35. The molecule has 0 saturated heterocycles. The maximum atomic E-state index is 10.7. The summed E-state index contributed by atoms with van der Waals surface area (Å²) in [6.07, 6.45) is 0.731. The van der Waals surface area contributed by atoms with E-state index in [1.54, 1.807) is 6.92 Å². The van der Waals surface area contributed by atoms with Crippen LogP contribution in [0.2, 0.25) is 0 Å². The summed E-state index contributed by atoms with van der Waals surface area (Å²) in [5.74, 6) is -0.171. The molecule has 1 N–H and O–H groups in total. The minimum Gasteiger partial charge on any atom is -0.465 e. The second-order valence-corrected chi connectivity index (χ2v) is 2.99. The zero-order valence-electron chi connectivity index (χ0n) is 8.04. The van der Waals surface area contributed by atoms with Crippen molar-refractivity contribution in [3.63, 3.8) is 0 Å². The van der Waals surface area contributed by atoms with Gasteiger partial charge < -0.3 is 9.84 Å². The molecule has 0 aliphatic rings. The smallest absolute Gasteiger partial charge is 0.305 e. The first-order valence-electron chi connectivity index (χ1n) is 4.45. The number of hydrogen-bond donors (Lipinski definition) is 1. The molecule has 3 heteroatoms. The molecule has 0 amide bonds. The van der Waals surface area contributed by atoms with Gasteiger partial charge in [0.15, 0.2) is 0 Å². The molecule has 12 heavy (non-hydrogen) atoms. The Morgan fingerprint density at radius 3 is 2.50 bits per heavy atom. The maximum Gasteiger partial charge on any atom is 0.305 e. The van der Waals surface area contributed by atoms with Crippen molar-refractivity contribution in [1.29, 1.82) is 0 Å². The molecule has 3 nitrogen and oxygen atoms in total. The lowest BCUT2D eigenvalue weighted by molar-refractivity contribution is -0.145. The van der Waals surface area contributed by atoms with Gasteiger partial charge in [-0.2, -0.15) is 0 Å². The van der Waals surface area contributed by atoms with Gasteiger partial charge in [0, 0.05) is 12.3 Å². The van der Waals surface area contributed by atoms with Crippen molar-refractivity contribution in [1.82, 2.24) is 0 Å². The van der Waals surface area contributed by atoms with E-state index >= 15 is 0 Å². The van der Waals surface area contributed by atoms with Crippen LogP contribution in [0.5, 0.6) is 0 Å². The molecule has 0 heterocycles. The summed E-state index contributed by atoms with van der Waals surface area (Å²) in [5.41, 5.74) is 0. The monoisotopic (exact) mass is 174 g/mol. The van der Waals surface area contributed by atoms with Crippen LogP contribution in [0.4, 0.5) is 0 Å². The molecular weight excluding hydrogens is 156 g/mol. The van der Waals surface area contributed by atoms with Gasteiger partial charge in [0.05, 0.1) is 12.7 Å². The van der Waals surface area contributed by atoms with Crippen molar-refractivity contribution < 1.29 is 14.6 Å². The van der Waals surface area contributed by atoms with Crippen LogP contribution in [0.15, 0.2) is 0 Å². The number of aliphatic hydroxyl groups is 1. The standard InChI is InChI=1S/C9H18O3/c1-4-8(10)7(3)6-12-9(11)5-2/h7-8,10H,4-6H2,1-3H3. The Hall–Kier alpha value is -0.570. The molecule has 0 saturated carbocycles. The Morgan fingerprint density at radius 2 is 2.08 bits per heavy atom. The quantitative estimate of drug-likeness (QED) is 0.640. The van der Waals surface area contributed by atoms with Gasteiger partial charge in [-0.05, 0) is 6.42 Å². The Bertz CT molecular complexity index is 134. The van der Waals surface area contributed by atoms with Crippen molar-refractivity contribution in [2.75, 3.05) is 6.61 Å². The van der Waals surface area contributed by atoms with E-state index in [1.807, 2.05) is 13.8 Å². The summed E-state index contributed by atoms with van der Waals surface area (Å²) >= 11 is 0. The molecule has 0 aromatic rings. The van der Waals surface area contributed by atoms with Gasteiger partial charge in [0.1, 0.15) is 0 Å². The van der Waals surface area contributed by atoms with Crippen LogP contribution in [0.3, 0.4) is 0 Å². The fourth-order valence-corrected chi connectivity index (χ4v) is 0.840. The summed E-state index contributed by atoms with van der Waals surface area (Å²) in [5, 5.41) is 9.32. The summed E-state index contributed by atoms with van der Waals surface area (Å²) < 4.78 is 4.88. The van der Waals surface area contributed by atoms with E-state index in [4.69, 9.17) is 4.74 Å². The molecule has 0 aliphatic carbocycles. The SMILES string of the molecule is CCC(=O)OCC(C)C(O)CC. The van der Waals surface area contributed by atoms with Crippen LogP contribution in [0, 0.1) is 5.92 Å². The van der Waals surface area contributed by atoms with Gasteiger partial charge in [-0.25, -0.2) is 0 Å². The molecular formula is C9H18O3. The Labute approximate surface area is 73.7 Å².